The van der Waals surface area contributed by atoms with E-state index < -0.39 is 0 Å². The minimum absolute atomic E-state index is 0.560. The monoisotopic (exact) mass is 255 g/mol. The van der Waals surface area contributed by atoms with Crippen LogP contribution in [0, 0.1) is 13.8 Å². The van der Waals surface area contributed by atoms with Crippen LogP contribution in [0.3, 0.4) is 0 Å². The van der Waals surface area contributed by atoms with E-state index in [2.05, 4.69) is 35.2 Å². The molecular formula is C14H17N5. The predicted molar refractivity (Wildman–Crippen MR) is 75.8 cm³/mol. The van der Waals surface area contributed by atoms with Gasteiger partial charge in [-0.05, 0) is 37.1 Å². The number of hydrogen-bond donors (Lipinski definition) is 1. The number of rotatable bonds is 3. The molecule has 0 bridgehead atoms. The molecule has 2 aromatic heterocycles. The van der Waals surface area contributed by atoms with Gasteiger partial charge in [-0.3, -0.25) is 4.68 Å². The van der Waals surface area contributed by atoms with Crippen LogP contribution >= 0.6 is 0 Å². The van der Waals surface area contributed by atoms with Crippen molar-refractivity contribution in [1.29, 1.82) is 0 Å². The van der Waals surface area contributed by atoms with E-state index in [-0.39, 0.29) is 0 Å². The van der Waals surface area contributed by atoms with Crippen molar-refractivity contribution in [2.75, 3.05) is 5.73 Å². The molecule has 0 radical (unpaired) electrons. The maximum absolute atomic E-state index is 5.99. The number of aromatic nitrogens is 4. The lowest BCUT2D eigenvalue weighted by Gasteiger charge is -2.06. The molecule has 3 aromatic rings. The molecule has 2 N–H and O–H groups in total. The van der Waals surface area contributed by atoms with Crippen LogP contribution in [-0.2, 0) is 13.1 Å². The molecule has 5 heteroatoms. The summed E-state index contributed by atoms with van der Waals surface area (Å²) in [6, 6.07) is 6.21. The van der Waals surface area contributed by atoms with Gasteiger partial charge in [0.2, 0.25) is 5.95 Å². The highest BCUT2D eigenvalue weighted by Crippen LogP contribution is 2.19. The van der Waals surface area contributed by atoms with Crippen molar-refractivity contribution in [1.82, 2.24) is 19.3 Å². The highest BCUT2D eigenvalue weighted by atomic mass is 15.3. The Balaban J connectivity index is 1.90. The zero-order valence-electron chi connectivity index (χ0n) is 11.2. The van der Waals surface area contributed by atoms with Gasteiger partial charge in [-0.2, -0.15) is 5.10 Å². The molecule has 19 heavy (non-hydrogen) atoms. The quantitative estimate of drug-likeness (QED) is 0.780. The Kier molecular flexibility index (Phi) is 2.74. The number of imidazole rings is 1. The van der Waals surface area contributed by atoms with E-state index in [1.807, 2.05) is 28.6 Å². The van der Waals surface area contributed by atoms with E-state index in [0.29, 0.717) is 5.95 Å². The summed E-state index contributed by atoms with van der Waals surface area (Å²) >= 11 is 0. The molecule has 0 aliphatic carbocycles. The second-order valence-electron chi connectivity index (χ2n) is 4.89. The van der Waals surface area contributed by atoms with Gasteiger partial charge in [0.05, 0.1) is 23.8 Å². The average Bonchev–Trinajstić information content (AvgIpc) is 2.89. The standard InChI is InChI=1S/C14H17N5/c1-10-3-4-13-12(7-10)17-14(15)19(13)6-5-18-9-11(2)8-16-18/h3-4,7-9H,5-6H2,1-2H3,(H2,15,17). The van der Waals surface area contributed by atoms with Crippen LogP contribution in [-0.4, -0.2) is 19.3 Å². The molecule has 0 unspecified atom stereocenters. The number of fused-ring (bicyclic) bond motifs is 1. The van der Waals surface area contributed by atoms with Crippen LogP contribution in [0.4, 0.5) is 5.95 Å². The van der Waals surface area contributed by atoms with Crippen molar-refractivity contribution < 1.29 is 0 Å². The number of aryl methyl sites for hydroxylation is 4. The smallest absolute Gasteiger partial charge is 0.201 e. The van der Waals surface area contributed by atoms with Gasteiger partial charge >= 0.3 is 0 Å². The fourth-order valence-corrected chi connectivity index (χ4v) is 2.29. The van der Waals surface area contributed by atoms with Gasteiger partial charge in [-0.1, -0.05) is 6.07 Å². The topological polar surface area (TPSA) is 61.7 Å². The number of hydrogen-bond acceptors (Lipinski definition) is 3. The molecule has 0 amide bonds. The summed E-state index contributed by atoms with van der Waals surface area (Å²) in [5.74, 6) is 0.560. The molecule has 5 nitrogen and oxygen atoms in total. The van der Waals surface area contributed by atoms with Crippen LogP contribution in [0.15, 0.2) is 30.6 Å². The molecule has 0 spiro atoms. The molecule has 3 rings (SSSR count). The first-order valence-corrected chi connectivity index (χ1v) is 6.35. The van der Waals surface area contributed by atoms with Gasteiger partial charge in [-0.25, -0.2) is 4.98 Å². The summed E-state index contributed by atoms with van der Waals surface area (Å²) in [5.41, 5.74) is 10.4. The predicted octanol–water partition coefficient (Wildman–Crippen LogP) is 2.13. The maximum atomic E-state index is 5.99. The van der Waals surface area contributed by atoms with Crippen LogP contribution in [0.2, 0.25) is 0 Å². The SMILES string of the molecule is Cc1ccc2c(c1)nc(N)n2CCn1cc(C)cn1. The molecule has 0 aliphatic rings. The first-order chi connectivity index (χ1) is 9.13. The summed E-state index contributed by atoms with van der Waals surface area (Å²) in [5, 5.41) is 4.28. The Bertz CT molecular complexity index is 723. The van der Waals surface area contributed by atoms with E-state index in [9.17, 15) is 0 Å². The van der Waals surface area contributed by atoms with Crippen LogP contribution < -0.4 is 5.73 Å². The Labute approximate surface area is 111 Å². The minimum Gasteiger partial charge on any atom is -0.369 e. The van der Waals surface area contributed by atoms with Crippen molar-refractivity contribution >= 4 is 17.0 Å². The summed E-state index contributed by atoms with van der Waals surface area (Å²) in [6.07, 6.45) is 3.89. The third-order valence-electron chi connectivity index (χ3n) is 3.25. The fraction of sp³-hybridized carbons (Fsp3) is 0.286. The average molecular weight is 255 g/mol. The molecule has 0 atom stereocenters. The Morgan fingerprint density at radius 1 is 1.16 bits per heavy atom. The highest BCUT2D eigenvalue weighted by molar-refractivity contribution is 5.79. The van der Waals surface area contributed by atoms with Crippen molar-refractivity contribution in [3.63, 3.8) is 0 Å². The van der Waals surface area contributed by atoms with E-state index in [1.165, 1.54) is 11.1 Å². The summed E-state index contributed by atoms with van der Waals surface area (Å²) in [6.45, 7) is 5.65. The van der Waals surface area contributed by atoms with Crippen molar-refractivity contribution in [3.8, 4) is 0 Å². The van der Waals surface area contributed by atoms with E-state index in [1.54, 1.807) is 0 Å². The fourth-order valence-electron chi connectivity index (χ4n) is 2.29. The van der Waals surface area contributed by atoms with Crippen molar-refractivity contribution in [2.24, 2.45) is 0 Å². The van der Waals surface area contributed by atoms with Crippen LogP contribution in [0.5, 0.6) is 0 Å². The van der Waals surface area contributed by atoms with E-state index in [0.717, 1.165) is 24.1 Å². The molecule has 98 valence electrons. The second-order valence-corrected chi connectivity index (χ2v) is 4.89. The second kappa shape index (κ2) is 4.42. The Morgan fingerprint density at radius 2 is 2.00 bits per heavy atom. The number of nitrogens with zero attached hydrogens (tertiary/aromatic N) is 4. The third-order valence-corrected chi connectivity index (χ3v) is 3.25. The van der Waals surface area contributed by atoms with Crippen LogP contribution in [0.1, 0.15) is 11.1 Å². The molecular weight excluding hydrogens is 238 g/mol. The number of benzene rings is 1. The number of nitrogens with two attached hydrogens (primary N) is 1. The van der Waals surface area contributed by atoms with Gasteiger partial charge in [0.15, 0.2) is 0 Å². The van der Waals surface area contributed by atoms with Crippen molar-refractivity contribution in [2.45, 2.75) is 26.9 Å². The largest absolute Gasteiger partial charge is 0.369 e. The minimum atomic E-state index is 0.560. The zero-order valence-corrected chi connectivity index (χ0v) is 11.2. The van der Waals surface area contributed by atoms with Crippen LogP contribution in [0.25, 0.3) is 11.0 Å². The Hall–Kier alpha value is -2.30. The normalized spacial score (nSPS) is 11.3. The Morgan fingerprint density at radius 3 is 2.74 bits per heavy atom. The summed E-state index contributed by atoms with van der Waals surface area (Å²) in [7, 11) is 0. The molecule has 0 aliphatic heterocycles. The van der Waals surface area contributed by atoms with Gasteiger partial charge in [0, 0.05) is 12.7 Å². The number of anilines is 1. The van der Waals surface area contributed by atoms with Gasteiger partial charge in [0.1, 0.15) is 0 Å². The maximum Gasteiger partial charge on any atom is 0.201 e. The molecule has 0 fully saturated rings. The molecule has 0 saturated carbocycles. The molecule has 0 saturated heterocycles. The van der Waals surface area contributed by atoms with Gasteiger partial charge in [0.25, 0.3) is 0 Å². The van der Waals surface area contributed by atoms with Gasteiger partial charge < -0.3 is 10.3 Å². The van der Waals surface area contributed by atoms with E-state index >= 15 is 0 Å². The number of nitrogen functional groups attached to an aromatic ring is 1. The lowest BCUT2D eigenvalue weighted by molar-refractivity contribution is 0.544. The van der Waals surface area contributed by atoms with Crippen molar-refractivity contribution in [3.05, 3.63) is 41.7 Å². The summed E-state index contributed by atoms with van der Waals surface area (Å²) in [4.78, 5) is 4.40. The summed E-state index contributed by atoms with van der Waals surface area (Å²) < 4.78 is 3.96. The first kappa shape index (κ1) is 11.8. The van der Waals surface area contributed by atoms with Gasteiger partial charge in [-0.15, -0.1) is 0 Å². The first-order valence-electron chi connectivity index (χ1n) is 6.35. The van der Waals surface area contributed by atoms with E-state index in [4.69, 9.17) is 5.73 Å². The highest BCUT2D eigenvalue weighted by Gasteiger charge is 2.08. The molecule has 1 aromatic carbocycles. The lowest BCUT2D eigenvalue weighted by Crippen LogP contribution is -2.10. The molecule has 2 heterocycles. The third kappa shape index (κ3) is 2.19. The lowest BCUT2D eigenvalue weighted by atomic mass is 10.2. The zero-order chi connectivity index (χ0) is 13.4.